The number of piperidine rings is 1. The van der Waals surface area contributed by atoms with Crippen LogP contribution in [0.15, 0.2) is 11.6 Å². The molecule has 1 aliphatic rings. The molecule has 16 heavy (non-hydrogen) atoms. The van der Waals surface area contributed by atoms with Crippen LogP contribution in [0.4, 0.5) is 0 Å². The summed E-state index contributed by atoms with van der Waals surface area (Å²) in [5.41, 5.74) is 1.29. The Morgan fingerprint density at radius 3 is 2.56 bits per heavy atom. The number of carbonyl (C=O) groups is 1. The maximum absolute atomic E-state index is 11.0. The molecular weight excluding hydrogens is 202 g/mol. The van der Waals surface area contributed by atoms with E-state index >= 15 is 0 Å². The number of nitrogens with zero attached hydrogens (tertiary/aromatic N) is 1. The lowest BCUT2D eigenvalue weighted by molar-refractivity contribution is -0.140. The molecule has 1 heterocycles. The average molecular weight is 225 g/mol. The second-order valence-corrected chi connectivity index (χ2v) is 4.49. The SMILES string of the molecule is COC(=O)CCC(C)=CCN1CCCCC1. The lowest BCUT2D eigenvalue weighted by Gasteiger charge is -2.25. The summed E-state index contributed by atoms with van der Waals surface area (Å²) in [5, 5.41) is 0. The van der Waals surface area contributed by atoms with Crippen LogP contribution in [0.2, 0.25) is 0 Å². The zero-order chi connectivity index (χ0) is 11.8. The summed E-state index contributed by atoms with van der Waals surface area (Å²) in [4.78, 5) is 13.4. The number of carbonyl (C=O) groups excluding carboxylic acids is 1. The summed E-state index contributed by atoms with van der Waals surface area (Å²) in [6, 6.07) is 0. The van der Waals surface area contributed by atoms with Gasteiger partial charge in [0.25, 0.3) is 0 Å². The fourth-order valence-corrected chi connectivity index (χ4v) is 1.93. The molecule has 3 nitrogen and oxygen atoms in total. The van der Waals surface area contributed by atoms with E-state index in [-0.39, 0.29) is 5.97 Å². The molecule has 0 saturated carbocycles. The predicted octanol–water partition coefficient (Wildman–Crippen LogP) is 2.37. The van der Waals surface area contributed by atoms with Gasteiger partial charge in [-0.25, -0.2) is 0 Å². The second-order valence-electron chi connectivity index (χ2n) is 4.49. The van der Waals surface area contributed by atoms with E-state index < -0.39 is 0 Å². The van der Waals surface area contributed by atoms with Gasteiger partial charge >= 0.3 is 5.97 Å². The Kier molecular flexibility index (Phi) is 6.16. The minimum atomic E-state index is -0.120. The van der Waals surface area contributed by atoms with Crippen molar-refractivity contribution in [1.29, 1.82) is 0 Å². The maximum Gasteiger partial charge on any atom is 0.305 e. The smallest absolute Gasteiger partial charge is 0.305 e. The molecule has 1 fully saturated rings. The number of esters is 1. The second kappa shape index (κ2) is 7.44. The van der Waals surface area contributed by atoms with Gasteiger partial charge in [-0.2, -0.15) is 0 Å². The van der Waals surface area contributed by atoms with E-state index in [1.54, 1.807) is 0 Å². The van der Waals surface area contributed by atoms with E-state index in [9.17, 15) is 4.79 Å². The minimum Gasteiger partial charge on any atom is -0.469 e. The van der Waals surface area contributed by atoms with Crippen molar-refractivity contribution in [1.82, 2.24) is 4.90 Å². The van der Waals surface area contributed by atoms with Crippen LogP contribution in [-0.4, -0.2) is 37.6 Å². The van der Waals surface area contributed by atoms with Crippen LogP contribution in [0.25, 0.3) is 0 Å². The first-order valence-corrected chi connectivity index (χ1v) is 6.17. The fourth-order valence-electron chi connectivity index (χ4n) is 1.93. The van der Waals surface area contributed by atoms with Gasteiger partial charge in [0.15, 0.2) is 0 Å². The predicted molar refractivity (Wildman–Crippen MR) is 65.3 cm³/mol. The van der Waals surface area contributed by atoms with Gasteiger partial charge in [-0.15, -0.1) is 0 Å². The van der Waals surface area contributed by atoms with Gasteiger partial charge in [-0.05, 0) is 39.3 Å². The van der Waals surface area contributed by atoms with Gasteiger partial charge in [0.2, 0.25) is 0 Å². The summed E-state index contributed by atoms with van der Waals surface area (Å²) in [7, 11) is 1.44. The highest BCUT2D eigenvalue weighted by Crippen LogP contribution is 2.10. The Bertz CT molecular complexity index is 242. The minimum absolute atomic E-state index is 0.120. The van der Waals surface area contributed by atoms with E-state index in [1.165, 1.54) is 45.0 Å². The van der Waals surface area contributed by atoms with Crippen molar-refractivity contribution in [2.75, 3.05) is 26.7 Å². The number of rotatable bonds is 5. The zero-order valence-electron chi connectivity index (χ0n) is 10.5. The Hall–Kier alpha value is -0.830. The molecule has 0 aliphatic carbocycles. The molecule has 0 bridgehead atoms. The highest BCUT2D eigenvalue weighted by Gasteiger charge is 2.08. The standard InChI is InChI=1S/C13H23NO2/c1-12(6-7-13(15)16-2)8-11-14-9-4-3-5-10-14/h8H,3-7,9-11H2,1-2H3. The lowest BCUT2D eigenvalue weighted by atomic mass is 10.1. The molecule has 3 heteroatoms. The highest BCUT2D eigenvalue weighted by molar-refractivity contribution is 5.69. The van der Waals surface area contributed by atoms with Gasteiger partial charge < -0.3 is 4.74 Å². The molecule has 0 aromatic rings. The van der Waals surface area contributed by atoms with E-state index in [0.717, 1.165) is 13.0 Å². The maximum atomic E-state index is 11.0. The number of hydrogen-bond donors (Lipinski definition) is 0. The molecule has 0 atom stereocenters. The van der Waals surface area contributed by atoms with E-state index in [2.05, 4.69) is 22.6 Å². The number of ether oxygens (including phenoxy) is 1. The molecule has 1 aliphatic heterocycles. The number of likely N-dealkylation sites (tertiary alicyclic amines) is 1. The third kappa shape index (κ3) is 5.31. The van der Waals surface area contributed by atoms with Gasteiger partial charge in [-0.1, -0.05) is 18.1 Å². The molecule has 0 amide bonds. The van der Waals surface area contributed by atoms with Gasteiger partial charge in [-0.3, -0.25) is 9.69 Å². The largest absolute Gasteiger partial charge is 0.469 e. The zero-order valence-corrected chi connectivity index (χ0v) is 10.5. The first-order chi connectivity index (χ1) is 7.72. The van der Waals surface area contributed by atoms with Crippen LogP contribution in [0.1, 0.15) is 39.0 Å². The summed E-state index contributed by atoms with van der Waals surface area (Å²) < 4.78 is 4.62. The Morgan fingerprint density at radius 1 is 1.25 bits per heavy atom. The molecule has 92 valence electrons. The number of methoxy groups -OCH3 is 1. The highest BCUT2D eigenvalue weighted by atomic mass is 16.5. The Morgan fingerprint density at radius 2 is 1.94 bits per heavy atom. The van der Waals surface area contributed by atoms with E-state index in [1.807, 2.05) is 0 Å². The van der Waals surface area contributed by atoms with Crippen molar-refractivity contribution >= 4 is 5.97 Å². The fraction of sp³-hybridized carbons (Fsp3) is 0.769. The first kappa shape index (κ1) is 13.2. The third-order valence-corrected chi connectivity index (χ3v) is 3.10. The molecule has 0 unspecified atom stereocenters. The molecule has 0 spiro atoms. The van der Waals surface area contributed by atoms with Crippen LogP contribution >= 0.6 is 0 Å². The van der Waals surface area contributed by atoms with E-state index in [4.69, 9.17) is 0 Å². The first-order valence-electron chi connectivity index (χ1n) is 6.17. The van der Waals surface area contributed by atoms with Crippen molar-refractivity contribution in [2.24, 2.45) is 0 Å². The van der Waals surface area contributed by atoms with Crippen molar-refractivity contribution < 1.29 is 9.53 Å². The summed E-state index contributed by atoms with van der Waals surface area (Å²) in [5.74, 6) is -0.120. The van der Waals surface area contributed by atoms with Crippen molar-refractivity contribution in [3.05, 3.63) is 11.6 Å². The molecular formula is C13H23NO2. The molecule has 1 saturated heterocycles. The van der Waals surface area contributed by atoms with Gasteiger partial charge in [0.05, 0.1) is 7.11 Å². The summed E-state index contributed by atoms with van der Waals surface area (Å²) in [6.45, 7) is 5.57. The van der Waals surface area contributed by atoms with Gasteiger partial charge in [0, 0.05) is 13.0 Å². The molecule has 0 radical (unpaired) electrons. The number of allylic oxidation sites excluding steroid dienone is 1. The van der Waals surface area contributed by atoms with E-state index in [0.29, 0.717) is 6.42 Å². The van der Waals surface area contributed by atoms with Crippen LogP contribution in [0, 0.1) is 0 Å². The number of hydrogen-bond acceptors (Lipinski definition) is 3. The molecule has 0 aromatic heterocycles. The van der Waals surface area contributed by atoms with Crippen LogP contribution in [0.5, 0.6) is 0 Å². The monoisotopic (exact) mass is 225 g/mol. The lowest BCUT2D eigenvalue weighted by Crippen LogP contribution is -2.29. The van der Waals surface area contributed by atoms with Crippen LogP contribution in [-0.2, 0) is 9.53 Å². The average Bonchev–Trinajstić information content (AvgIpc) is 2.34. The van der Waals surface area contributed by atoms with Crippen molar-refractivity contribution in [2.45, 2.75) is 39.0 Å². The Labute approximate surface area is 98.5 Å². The summed E-state index contributed by atoms with van der Waals surface area (Å²) >= 11 is 0. The van der Waals surface area contributed by atoms with Crippen molar-refractivity contribution in [3.8, 4) is 0 Å². The van der Waals surface area contributed by atoms with Crippen molar-refractivity contribution in [3.63, 3.8) is 0 Å². The van der Waals surface area contributed by atoms with Crippen LogP contribution in [0.3, 0.4) is 0 Å². The normalized spacial score (nSPS) is 18.5. The quantitative estimate of drug-likeness (QED) is 0.531. The van der Waals surface area contributed by atoms with Gasteiger partial charge in [0.1, 0.15) is 0 Å². The molecule has 0 N–H and O–H groups in total. The third-order valence-electron chi connectivity index (χ3n) is 3.10. The molecule has 1 rings (SSSR count). The topological polar surface area (TPSA) is 29.5 Å². The summed E-state index contributed by atoms with van der Waals surface area (Å²) in [6.07, 6.45) is 7.60. The Balaban J connectivity index is 2.19. The molecule has 0 aromatic carbocycles. The van der Waals surface area contributed by atoms with Crippen LogP contribution < -0.4 is 0 Å².